The molecule has 1 aromatic rings. The summed E-state index contributed by atoms with van der Waals surface area (Å²) in [6.07, 6.45) is 3.64. The van der Waals surface area contributed by atoms with Gasteiger partial charge in [0, 0.05) is 6.04 Å². The third-order valence-corrected chi connectivity index (χ3v) is 4.14. The van der Waals surface area contributed by atoms with Gasteiger partial charge in [-0.3, -0.25) is 0 Å². The standard InChI is InChI=1S/C11H13FIN/c12-9-6-2-5-8(10(9)13)11(14)7-3-1-4-7/h2,5-7,11H,1,3-4,14H2. The summed E-state index contributed by atoms with van der Waals surface area (Å²) in [5.41, 5.74) is 7.07. The van der Waals surface area contributed by atoms with Gasteiger partial charge in [0.05, 0.1) is 3.57 Å². The molecular weight excluding hydrogens is 292 g/mol. The van der Waals surface area contributed by atoms with E-state index in [1.165, 1.54) is 25.3 Å². The van der Waals surface area contributed by atoms with Crippen molar-refractivity contribution in [3.05, 3.63) is 33.1 Å². The normalized spacial score (nSPS) is 19.1. The zero-order valence-corrected chi connectivity index (χ0v) is 10.00. The molecule has 76 valence electrons. The van der Waals surface area contributed by atoms with Crippen molar-refractivity contribution in [2.24, 2.45) is 11.7 Å². The van der Waals surface area contributed by atoms with Gasteiger partial charge in [0.25, 0.3) is 0 Å². The Hall–Kier alpha value is -0.160. The molecule has 0 spiro atoms. The van der Waals surface area contributed by atoms with Crippen molar-refractivity contribution in [2.75, 3.05) is 0 Å². The second-order valence-electron chi connectivity index (χ2n) is 3.86. The first kappa shape index (κ1) is 10.4. The average molecular weight is 305 g/mol. The lowest BCUT2D eigenvalue weighted by atomic mass is 9.77. The van der Waals surface area contributed by atoms with E-state index in [1.807, 2.05) is 28.7 Å². The van der Waals surface area contributed by atoms with Crippen molar-refractivity contribution in [1.82, 2.24) is 0 Å². The zero-order chi connectivity index (χ0) is 10.1. The van der Waals surface area contributed by atoms with Crippen LogP contribution in [-0.2, 0) is 0 Å². The molecule has 2 N–H and O–H groups in total. The molecule has 0 heterocycles. The largest absolute Gasteiger partial charge is 0.324 e. The first-order valence-corrected chi connectivity index (χ1v) is 5.97. The van der Waals surface area contributed by atoms with Crippen molar-refractivity contribution in [1.29, 1.82) is 0 Å². The number of nitrogens with two attached hydrogens (primary N) is 1. The van der Waals surface area contributed by atoms with E-state index in [-0.39, 0.29) is 11.9 Å². The smallest absolute Gasteiger partial charge is 0.136 e. The fraction of sp³-hybridized carbons (Fsp3) is 0.455. The molecule has 3 heteroatoms. The fourth-order valence-corrected chi connectivity index (χ4v) is 2.55. The summed E-state index contributed by atoms with van der Waals surface area (Å²) >= 11 is 2.04. The molecule has 1 aliphatic rings. The monoisotopic (exact) mass is 305 g/mol. The van der Waals surface area contributed by atoms with Crippen molar-refractivity contribution in [3.8, 4) is 0 Å². The highest BCUT2D eigenvalue weighted by atomic mass is 127. The lowest BCUT2D eigenvalue weighted by Crippen LogP contribution is -2.27. The van der Waals surface area contributed by atoms with Crippen LogP contribution in [0.5, 0.6) is 0 Å². The fourth-order valence-electron chi connectivity index (χ4n) is 1.83. The van der Waals surface area contributed by atoms with Crippen LogP contribution in [0.25, 0.3) is 0 Å². The van der Waals surface area contributed by atoms with E-state index >= 15 is 0 Å². The molecule has 0 aliphatic heterocycles. The summed E-state index contributed by atoms with van der Waals surface area (Å²) in [5.74, 6) is 0.406. The van der Waals surface area contributed by atoms with Crippen LogP contribution in [0.15, 0.2) is 18.2 Å². The first-order chi connectivity index (χ1) is 6.70. The molecule has 1 nitrogen and oxygen atoms in total. The Morgan fingerprint density at radius 3 is 2.71 bits per heavy atom. The second-order valence-corrected chi connectivity index (χ2v) is 4.94. The van der Waals surface area contributed by atoms with E-state index in [4.69, 9.17) is 5.73 Å². The minimum absolute atomic E-state index is 0.0198. The van der Waals surface area contributed by atoms with Gasteiger partial charge in [-0.2, -0.15) is 0 Å². The second kappa shape index (κ2) is 4.14. The summed E-state index contributed by atoms with van der Waals surface area (Å²) < 4.78 is 13.9. The summed E-state index contributed by atoms with van der Waals surface area (Å²) in [7, 11) is 0. The van der Waals surface area contributed by atoms with Crippen LogP contribution in [-0.4, -0.2) is 0 Å². The molecule has 14 heavy (non-hydrogen) atoms. The van der Waals surface area contributed by atoms with E-state index in [0.29, 0.717) is 9.49 Å². The van der Waals surface area contributed by atoms with Crippen LogP contribution in [0.1, 0.15) is 30.9 Å². The van der Waals surface area contributed by atoms with Gasteiger partial charge >= 0.3 is 0 Å². The van der Waals surface area contributed by atoms with Crippen LogP contribution < -0.4 is 5.73 Å². The Morgan fingerprint density at radius 1 is 1.43 bits per heavy atom. The predicted molar refractivity (Wildman–Crippen MR) is 63.4 cm³/mol. The first-order valence-electron chi connectivity index (χ1n) is 4.89. The van der Waals surface area contributed by atoms with Gasteiger partial charge in [-0.15, -0.1) is 0 Å². The summed E-state index contributed by atoms with van der Waals surface area (Å²) in [4.78, 5) is 0. The molecule has 0 saturated heterocycles. The van der Waals surface area contributed by atoms with E-state index in [0.717, 1.165) is 5.56 Å². The van der Waals surface area contributed by atoms with Crippen LogP contribution in [0.2, 0.25) is 0 Å². The molecule has 1 fully saturated rings. The molecule has 1 aromatic carbocycles. The van der Waals surface area contributed by atoms with Gasteiger partial charge in [0.2, 0.25) is 0 Å². The van der Waals surface area contributed by atoms with Crippen molar-refractivity contribution >= 4 is 22.6 Å². The van der Waals surface area contributed by atoms with E-state index in [2.05, 4.69) is 0 Å². The molecule has 1 saturated carbocycles. The molecular formula is C11H13FIN. The SMILES string of the molecule is NC(c1cccc(F)c1I)C1CCC1. The van der Waals surface area contributed by atoms with E-state index < -0.39 is 0 Å². The van der Waals surface area contributed by atoms with Gasteiger partial charge < -0.3 is 5.73 Å². The Labute approximate surface area is 97.0 Å². The van der Waals surface area contributed by atoms with Gasteiger partial charge in [-0.1, -0.05) is 18.6 Å². The number of hydrogen-bond donors (Lipinski definition) is 1. The molecule has 1 aliphatic carbocycles. The molecule has 0 amide bonds. The van der Waals surface area contributed by atoms with E-state index in [1.54, 1.807) is 6.07 Å². The van der Waals surface area contributed by atoms with Crippen LogP contribution in [0.3, 0.4) is 0 Å². The topological polar surface area (TPSA) is 26.0 Å². The third kappa shape index (κ3) is 1.80. The molecule has 0 aromatic heterocycles. The van der Waals surface area contributed by atoms with E-state index in [9.17, 15) is 4.39 Å². The minimum Gasteiger partial charge on any atom is -0.324 e. The highest BCUT2D eigenvalue weighted by Gasteiger charge is 2.27. The molecule has 0 radical (unpaired) electrons. The van der Waals surface area contributed by atoms with Gasteiger partial charge in [0.1, 0.15) is 5.82 Å². The van der Waals surface area contributed by atoms with Gasteiger partial charge in [-0.25, -0.2) is 4.39 Å². The molecule has 0 bridgehead atoms. The highest BCUT2D eigenvalue weighted by molar-refractivity contribution is 14.1. The van der Waals surface area contributed by atoms with Gasteiger partial charge in [0.15, 0.2) is 0 Å². The number of rotatable bonds is 2. The predicted octanol–water partition coefficient (Wildman–Crippen LogP) is 3.23. The maximum Gasteiger partial charge on any atom is 0.136 e. The van der Waals surface area contributed by atoms with Crippen molar-refractivity contribution in [3.63, 3.8) is 0 Å². The Kier molecular flexibility index (Phi) is 3.07. The lowest BCUT2D eigenvalue weighted by molar-refractivity contribution is 0.263. The Bertz CT molecular complexity index is 336. The van der Waals surface area contributed by atoms with Crippen LogP contribution >= 0.6 is 22.6 Å². The summed E-state index contributed by atoms with van der Waals surface area (Å²) in [5, 5.41) is 0. The number of hydrogen-bond acceptors (Lipinski definition) is 1. The number of halogens is 2. The van der Waals surface area contributed by atoms with Crippen molar-refractivity contribution < 1.29 is 4.39 Å². The Balaban J connectivity index is 2.26. The summed E-state index contributed by atoms with van der Waals surface area (Å²) in [6.45, 7) is 0. The Morgan fingerprint density at radius 2 is 2.14 bits per heavy atom. The minimum atomic E-state index is -0.155. The molecule has 2 rings (SSSR count). The third-order valence-electron chi connectivity index (χ3n) is 3.00. The zero-order valence-electron chi connectivity index (χ0n) is 7.84. The van der Waals surface area contributed by atoms with Crippen LogP contribution in [0, 0.1) is 15.3 Å². The number of benzene rings is 1. The molecule has 1 unspecified atom stereocenters. The van der Waals surface area contributed by atoms with Crippen molar-refractivity contribution in [2.45, 2.75) is 25.3 Å². The van der Waals surface area contributed by atoms with Crippen LogP contribution in [0.4, 0.5) is 4.39 Å². The summed E-state index contributed by atoms with van der Waals surface area (Å²) in [6, 6.07) is 5.18. The quantitative estimate of drug-likeness (QED) is 0.834. The maximum absolute atomic E-state index is 13.3. The highest BCUT2D eigenvalue weighted by Crippen LogP contribution is 2.37. The van der Waals surface area contributed by atoms with Gasteiger partial charge in [-0.05, 0) is 53.0 Å². The lowest BCUT2D eigenvalue weighted by Gasteiger charge is -2.32. The average Bonchev–Trinajstić information content (AvgIpc) is 2.06. The molecule has 1 atom stereocenters. The maximum atomic E-state index is 13.3.